The molecular formula is C15H23NO3. The smallest absolute Gasteiger partial charge is 0.410 e. The Labute approximate surface area is 115 Å². The van der Waals surface area contributed by atoms with Crippen LogP contribution in [-0.4, -0.2) is 36.8 Å². The predicted molar refractivity (Wildman–Crippen MR) is 75.0 cm³/mol. The van der Waals surface area contributed by atoms with Crippen LogP contribution in [0, 0.1) is 0 Å². The van der Waals surface area contributed by atoms with Crippen molar-refractivity contribution < 1.29 is 14.3 Å². The molecule has 0 radical (unpaired) electrons. The minimum absolute atomic E-state index is 0.323. The summed E-state index contributed by atoms with van der Waals surface area (Å²) in [7, 11) is 1.71. The van der Waals surface area contributed by atoms with E-state index in [4.69, 9.17) is 9.47 Å². The molecule has 106 valence electrons. The molecule has 0 saturated heterocycles. The summed E-state index contributed by atoms with van der Waals surface area (Å²) < 4.78 is 10.8. The van der Waals surface area contributed by atoms with Gasteiger partial charge in [0.2, 0.25) is 0 Å². The lowest BCUT2D eigenvalue weighted by molar-refractivity contribution is 0.0221. The highest BCUT2D eigenvalue weighted by Crippen LogP contribution is 2.09. The quantitative estimate of drug-likeness (QED) is 0.768. The molecule has 0 heterocycles. The second kappa shape index (κ2) is 7.14. The molecule has 1 rings (SSSR count). The summed E-state index contributed by atoms with van der Waals surface area (Å²) in [6.45, 7) is 7.12. The first-order valence-electron chi connectivity index (χ1n) is 6.44. The van der Waals surface area contributed by atoms with E-state index in [9.17, 15) is 4.79 Å². The first kappa shape index (κ1) is 15.5. The van der Waals surface area contributed by atoms with E-state index in [0.29, 0.717) is 19.8 Å². The lowest BCUT2D eigenvalue weighted by Crippen LogP contribution is -2.36. The number of hydrogen-bond acceptors (Lipinski definition) is 3. The number of amides is 1. The highest BCUT2D eigenvalue weighted by atomic mass is 16.6. The standard InChI is InChI=1S/C15H23NO3/c1-15(2,3)19-14(17)16(4)10-11-18-12-13-8-6-5-7-9-13/h5-9H,10-12H2,1-4H3. The number of carbonyl (C=O) groups excluding carboxylic acids is 1. The Kier molecular flexibility index (Phi) is 5.83. The molecule has 1 aromatic rings. The SMILES string of the molecule is CN(CCOCc1ccccc1)C(=O)OC(C)(C)C. The first-order chi connectivity index (χ1) is 8.88. The van der Waals surface area contributed by atoms with Crippen LogP contribution >= 0.6 is 0 Å². The molecule has 1 amide bonds. The van der Waals surface area contributed by atoms with Gasteiger partial charge in [-0.15, -0.1) is 0 Å². The Balaban J connectivity index is 2.20. The summed E-state index contributed by atoms with van der Waals surface area (Å²) >= 11 is 0. The second-order valence-electron chi connectivity index (χ2n) is 5.44. The number of nitrogens with zero attached hydrogens (tertiary/aromatic N) is 1. The van der Waals surface area contributed by atoms with Crippen LogP contribution in [0.25, 0.3) is 0 Å². The Morgan fingerprint density at radius 3 is 2.42 bits per heavy atom. The Bertz CT molecular complexity index is 384. The average Bonchev–Trinajstić information content (AvgIpc) is 2.33. The topological polar surface area (TPSA) is 38.8 Å². The summed E-state index contributed by atoms with van der Waals surface area (Å²) in [5.74, 6) is 0. The molecule has 0 aliphatic heterocycles. The van der Waals surface area contributed by atoms with Gasteiger partial charge in [0.1, 0.15) is 5.60 Å². The molecule has 0 bridgehead atoms. The van der Waals surface area contributed by atoms with Crippen molar-refractivity contribution in [2.24, 2.45) is 0 Å². The zero-order valence-corrected chi connectivity index (χ0v) is 12.2. The molecule has 0 spiro atoms. The van der Waals surface area contributed by atoms with Crippen LogP contribution in [-0.2, 0) is 16.1 Å². The van der Waals surface area contributed by atoms with Crippen molar-refractivity contribution in [1.29, 1.82) is 0 Å². The fourth-order valence-electron chi connectivity index (χ4n) is 1.40. The number of ether oxygens (including phenoxy) is 2. The monoisotopic (exact) mass is 265 g/mol. The van der Waals surface area contributed by atoms with Gasteiger partial charge in [0.25, 0.3) is 0 Å². The van der Waals surface area contributed by atoms with Crippen LogP contribution in [0.5, 0.6) is 0 Å². The summed E-state index contributed by atoms with van der Waals surface area (Å²) in [5.41, 5.74) is 0.665. The van der Waals surface area contributed by atoms with Crippen molar-refractivity contribution in [1.82, 2.24) is 4.90 Å². The molecule has 0 aliphatic carbocycles. The second-order valence-corrected chi connectivity index (χ2v) is 5.44. The van der Waals surface area contributed by atoms with Crippen LogP contribution in [0.15, 0.2) is 30.3 Å². The van der Waals surface area contributed by atoms with E-state index < -0.39 is 5.60 Å². The van der Waals surface area contributed by atoms with Gasteiger partial charge >= 0.3 is 6.09 Å². The minimum atomic E-state index is -0.462. The maximum atomic E-state index is 11.7. The van der Waals surface area contributed by atoms with Gasteiger partial charge in [-0.2, -0.15) is 0 Å². The lowest BCUT2D eigenvalue weighted by atomic mass is 10.2. The van der Waals surface area contributed by atoms with Crippen molar-refractivity contribution in [3.8, 4) is 0 Å². The highest BCUT2D eigenvalue weighted by molar-refractivity contribution is 5.67. The van der Waals surface area contributed by atoms with E-state index in [-0.39, 0.29) is 6.09 Å². The van der Waals surface area contributed by atoms with Crippen LogP contribution in [0.2, 0.25) is 0 Å². The molecule has 0 saturated carbocycles. The molecule has 0 aromatic heterocycles. The normalized spacial score (nSPS) is 11.2. The summed E-state index contributed by atoms with van der Waals surface area (Å²) in [6.07, 6.45) is -0.323. The molecule has 0 N–H and O–H groups in total. The maximum absolute atomic E-state index is 11.7. The van der Waals surface area contributed by atoms with Gasteiger partial charge in [-0.3, -0.25) is 0 Å². The molecule has 0 fully saturated rings. The van der Waals surface area contributed by atoms with Gasteiger partial charge in [0.15, 0.2) is 0 Å². The fraction of sp³-hybridized carbons (Fsp3) is 0.533. The Morgan fingerprint density at radius 2 is 1.84 bits per heavy atom. The van der Waals surface area contributed by atoms with E-state index in [0.717, 1.165) is 5.56 Å². The van der Waals surface area contributed by atoms with Gasteiger partial charge in [0.05, 0.1) is 13.2 Å². The molecule has 4 heteroatoms. The minimum Gasteiger partial charge on any atom is -0.444 e. The number of carbonyl (C=O) groups is 1. The molecular weight excluding hydrogens is 242 g/mol. The fourth-order valence-corrected chi connectivity index (χ4v) is 1.40. The van der Waals surface area contributed by atoms with Crippen LogP contribution in [0.1, 0.15) is 26.3 Å². The predicted octanol–water partition coefficient (Wildman–Crippen LogP) is 3.07. The zero-order chi connectivity index (χ0) is 14.3. The van der Waals surface area contributed by atoms with Crippen molar-refractivity contribution >= 4 is 6.09 Å². The largest absolute Gasteiger partial charge is 0.444 e. The third-order valence-corrected chi connectivity index (χ3v) is 2.39. The van der Waals surface area contributed by atoms with E-state index in [2.05, 4.69) is 0 Å². The van der Waals surface area contributed by atoms with Crippen molar-refractivity contribution in [3.05, 3.63) is 35.9 Å². The Morgan fingerprint density at radius 1 is 1.21 bits per heavy atom. The lowest BCUT2D eigenvalue weighted by Gasteiger charge is -2.24. The molecule has 0 unspecified atom stereocenters. The summed E-state index contributed by atoms with van der Waals surface area (Å²) in [5, 5.41) is 0. The molecule has 4 nitrogen and oxygen atoms in total. The van der Waals surface area contributed by atoms with Gasteiger partial charge in [-0.25, -0.2) is 4.79 Å². The summed E-state index contributed by atoms with van der Waals surface area (Å²) in [4.78, 5) is 13.2. The third-order valence-electron chi connectivity index (χ3n) is 2.39. The van der Waals surface area contributed by atoms with Crippen LogP contribution < -0.4 is 0 Å². The number of benzene rings is 1. The van der Waals surface area contributed by atoms with E-state index >= 15 is 0 Å². The molecule has 0 atom stereocenters. The first-order valence-corrected chi connectivity index (χ1v) is 6.44. The zero-order valence-electron chi connectivity index (χ0n) is 12.2. The van der Waals surface area contributed by atoms with Crippen molar-refractivity contribution in [2.75, 3.05) is 20.2 Å². The van der Waals surface area contributed by atoms with Crippen LogP contribution in [0.3, 0.4) is 0 Å². The van der Waals surface area contributed by atoms with E-state index in [1.165, 1.54) is 4.90 Å². The Hall–Kier alpha value is -1.55. The van der Waals surface area contributed by atoms with Gasteiger partial charge < -0.3 is 14.4 Å². The van der Waals surface area contributed by atoms with E-state index in [1.807, 2.05) is 51.1 Å². The number of hydrogen-bond donors (Lipinski definition) is 0. The number of rotatable bonds is 5. The van der Waals surface area contributed by atoms with Crippen molar-refractivity contribution in [2.45, 2.75) is 33.0 Å². The van der Waals surface area contributed by atoms with Gasteiger partial charge in [-0.05, 0) is 26.3 Å². The van der Waals surface area contributed by atoms with E-state index in [1.54, 1.807) is 7.05 Å². The van der Waals surface area contributed by atoms with Crippen LogP contribution in [0.4, 0.5) is 4.79 Å². The summed E-state index contributed by atoms with van der Waals surface area (Å²) in [6, 6.07) is 9.95. The van der Waals surface area contributed by atoms with Gasteiger partial charge in [0, 0.05) is 13.6 Å². The maximum Gasteiger partial charge on any atom is 0.410 e. The van der Waals surface area contributed by atoms with Gasteiger partial charge in [-0.1, -0.05) is 30.3 Å². The van der Waals surface area contributed by atoms with Crippen molar-refractivity contribution in [3.63, 3.8) is 0 Å². The molecule has 0 aliphatic rings. The number of likely N-dealkylation sites (N-methyl/N-ethyl adjacent to an activating group) is 1. The average molecular weight is 265 g/mol. The third kappa shape index (κ3) is 6.82. The molecule has 1 aromatic carbocycles. The molecule has 19 heavy (non-hydrogen) atoms. The highest BCUT2D eigenvalue weighted by Gasteiger charge is 2.19.